The number of carbonyl (C=O) groups excluding carboxylic acids is 1. The average molecular weight is 350 g/mol. The van der Waals surface area contributed by atoms with Crippen LogP contribution in [0.15, 0.2) is 22.5 Å². The van der Waals surface area contributed by atoms with Gasteiger partial charge >= 0.3 is 6.09 Å². The van der Waals surface area contributed by atoms with E-state index < -0.39 is 11.7 Å². The molecule has 0 atom stereocenters. The van der Waals surface area contributed by atoms with Gasteiger partial charge in [0.15, 0.2) is 11.7 Å². The van der Waals surface area contributed by atoms with Crippen molar-refractivity contribution >= 4 is 17.8 Å². The van der Waals surface area contributed by atoms with Crippen LogP contribution in [0.5, 0.6) is 0 Å². The molecular formula is C15H26N8O2. The van der Waals surface area contributed by atoms with Crippen LogP contribution >= 0.6 is 0 Å². The summed E-state index contributed by atoms with van der Waals surface area (Å²) in [5, 5.41) is 13.2. The molecular weight excluding hydrogens is 324 g/mol. The maximum absolute atomic E-state index is 11.5. The number of amidine groups is 2. The number of nitrogens with one attached hydrogen (secondary N) is 2. The van der Waals surface area contributed by atoms with Gasteiger partial charge in [-0.15, -0.1) is 10.2 Å². The van der Waals surface area contributed by atoms with Crippen molar-refractivity contribution in [1.82, 2.24) is 20.6 Å². The van der Waals surface area contributed by atoms with Crippen LogP contribution in [-0.4, -0.2) is 46.9 Å². The normalized spacial score (nSPS) is 12.8. The maximum atomic E-state index is 11.5. The first-order valence-corrected chi connectivity index (χ1v) is 7.80. The van der Waals surface area contributed by atoms with Crippen LogP contribution in [0.4, 0.5) is 4.79 Å². The van der Waals surface area contributed by atoms with Gasteiger partial charge in [-0.05, 0) is 33.9 Å². The van der Waals surface area contributed by atoms with E-state index in [-0.39, 0.29) is 24.0 Å². The molecule has 10 nitrogen and oxygen atoms in total. The van der Waals surface area contributed by atoms with Crippen LogP contribution < -0.4 is 22.1 Å². The van der Waals surface area contributed by atoms with Gasteiger partial charge in [0.2, 0.25) is 0 Å². The molecule has 6 N–H and O–H groups in total. The summed E-state index contributed by atoms with van der Waals surface area (Å²) in [5.41, 5.74) is 11.8. The number of hydrogen-bond acceptors (Lipinski definition) is 7. The Morgan fingerprint density at radius 3 is 2.68 bits per heavy atom. The monoisotopic (exact) mass is 350 g/mol. The second-order valence-corrected chi connectivity index (χ2v) is 6.16. The first-order chi connectivity index (χ1) is 11.7. The van der Waals surface area contributed by atoms with Crippen molar-refractivity contribution in [1.29, 1.82) is 0 Å². The van der Waals surface area contributed by atoms with E-state index >= 15 is 0 Å². The zero-order valence-corrected chi connectivity index (χ0v) is 15.0. The molecule has 0 aliphatic carbocycles. The van der Waals surface area contributed by atoms with Crippen LogP contribution in [0.3, 0.4) is 0 Å². The summed E-state index contributed by atoms with van der Waals surface area (Å²) in [6.45, 7) is 6.22. The molecule has 25 heavy (non-hydrogen) atoms. The Kier molecular flexibility index (Phi) is 7.73. The number of hydrogen-bond donors (Lipinski definition) is 4. The SMILES string of the molecule is CNCc1ccnc(/C(N)=N/N=C(\N)CCNC(=O)OC(C)(C)C)n1. The van der Waals surface area contributed by atoms with Crippen molar-refractivity contribution in [2.45, 2.75) is 39.3 Å². The Morgan fingerprint density at radius 2 is 2.04 bits per heavy atom. The third-order valence-corrected chi connectivity index (χ3v) is 2.64. The van der Waals surface area contributed by atoms with E-state index in [9.17, 15) is 4.79 Å². The van der Waals surface area contributed by atoms with E-state index in [4.69, 9.17) is 16.2 Å². The number of alkyl carbamates (subject to hydrolysis) is 1. The molecule has 0 unspecified atom stereocenters. The number of carbonyl (C=O) groups is 1. The van der Waals surface area contributed by atoms with E-state index in [2.05, 4.69) is 30.8 Å². The van der Waals surface area contributed by atoms with E-state index in [0.717, 1.165) is 5.69 Å². The van der Waals surface area contributed by atoms with Gasteiger partial charge in [-0.3, -0.25) is 0 Å². The maximum Gasteiger partial charge on any atom is 0.407 e. The Morgan fingerprint density at radius 1 is 1.32 bits per heavy atom. The molecule has 1 rings (SSSR count). The number of ether oxygens (including phenoxy) is 1. The molecule has 1 amide bonds. The molecule has 1 aromatic heterocycles. The first kappa shape index (κ1) is 20.3. The molecule has 0 aliphatic rings. The van der Waals surface area contributed by atoms with Crippen molar-refractivity contribution in [3.63, 3.8) is 0 Å². The lowest BCUT2D eigenvalue weighted by Gasteiger charge is -2.19. The summed E-state index contributed by atoms with van der Waals surface area (Å²) in [4.78, 5) is 19.8. The summed E-state index contributed by atoms with van der Waals surface area (Å²) in [5.74, 6) is 0.544. The average Bonchev–Trinajstić information content (AvgIpc) is 2.51. The lowest BCUT2D eigenvalue weighted by atomic mass is 10.2. The number of amides is 1. The van der Waals surface area contributed by atoms with E-state index in [1.54, 1.807) is 33.0 Å². The zero-order valence-electron chi connectivity index (χ0n) is 15.0. The number of nitrogens with zero attached hydrogens (tertiary/aromatic N) is 4. The first-order valence-electron chi connectivity index (χ1n) is 7.80. The Bertz CT molecular complexity index is 637. The van der Waals surface area contributed by atoms with Crippen LogP contribution in [0.25, 0.3) is 0 Å². The fourth-order valence-electron chi connectivity index (χ4n) is 1.62. The summed E-state index contributed by atoms with van der Waals surface area (Å²) in [6, 6.07) is 1.77. The lowest BCUT2D eigenvalue weighted by molar-refractivity contribution is 0.0529. The minimum absolute atomic E-state index is 0.0565. The summed E-state index contributed by atoms with van der Waals surface area (Å²) < 4.78 is 5.11. The molecule has 0 radical (unpaired) electrons. The van der Waals surface area contributed by atoms with Crippen LogP contribution in [0.2, 0.25) is 0 Å². The molecule has 1 heterocycles. The van der Waals surface area contributed by atoms with Crippen molar-refractivity contribution in [2.75, 3.05) is 13.6 Å². The summed E-state index contributed by atoms with van der Waals surface area (Å²) in [6.07, 6.45) is 1.38. The number of nitrogens with two attached hydrogens (primary N) is 2. The highest BCUT2D eigenvalue weighted by Crippen LogP contribution is 2.06. The third-order valence-electron chi connectivity index (χ3n) is 2.64. The Balaban J connectivity index is 2.54. The van der Waals surface area contributed by atoms with Crippen molar-refractivity contribution in [3.8, 4) is 0 Å². The highest BCUT2D eigenvalue weighted by molar-refractivity contribution is 5.94. The van der Waals surface area contributed by atoms with Crippen molar-refractivity contribution < 1.29 is 9.53 Å². The zero-order chi connectivity index (χ0) is 18.9. The fraction of sp³-hybridized carbons (Fsp3) is 0.533. The predicted octanol–water partition coefficient (Wildman–Crippen LogP) is 0.0883. The standard InChI is InChI=1S/C15H26N8O2/c1-15(2,3)25-14(24)20-8-6-11(16)22-23-12(17)13-19-7-5-10(21-13)9-18-4/h5,7,18H,6,8-9H2,1-4H3,(H2,16,22)(H2,17,23)(H,20,24). The molecule has 0 aliphatic heterocycles. The fourth-order valence-corrected chi connectivity index (χ4v) is 1.62. The summed E-state index contributed by atoms with van der Waals surface area (Å²) in [7, 11) is 1.82. The van der Waals surface area contributed by atoms with E-state index in [0.29, 0.717) is 13.0 Å². The molecule has 0 bridgehead atoms. The van der Waals surface area contributed by atoms with Crippen LogP contribution in [-0.2, 0) is 11.3 Å². The molecule has 0 aromatic carbocycles. The minimum atomic E-state index is -0.551. The quantitative estimate of drug-likeness (QED) is 0.309. The Labute approximate surface area is 147 Å². The van der Waals surface area contributed by atoms with E-state index in [1.165, 1.54) is 0 Å². The van der Waals surface area contributed by atoms with Crippen LogP contribution in [0.1, 0.15) is 38.7 Å². The van der Waals surface area contributed by atoms with E-state index in [1.807, 2.05) is 7.05 Å². The third kappa shape index (κ3) is 8.61. The predicted molar refractivity (Wildman–Crippen MR) is 96.0 cm³/mol. The molecule has 0 saturated heterocycles. The molecule has 0 spiro atoms. The van der Waals surface area contributed by atoms with Gasteiger partial charge in [-0.1, -0.05) is 0 Å². The van der Waals surface area contributed by atoms with Crippen LogP contribution in [0, 0.1) is 0 Å². The van der Waals surface area contributed by atoms with Gasteiger partial charge < -0.3 is 26.8 Å². The molecule has 138 valence electrons. The van der Waals surface area contributed by atoms with Crippen molar-refractivity contribution in [3.05, 3.63) is 23.8 Å². The molecule has 1 aromatic rings. The second-order valence-electron chi connectivity index (χ2n) is 6.16. The summed E-state index contributed by atoms with van der Waals surface area (Å²) >= 11 is 0. The number of aromatic nitrogens is 2. The lowest BCUT2D eigenvalue weighted by Crippen LogP contribution is -2.34. The molecule has 0 fully saturated rings. The highest BCUT2D eigenvalue weighted by atomic mass is 16.6. The largest absolute Gasteiger partial charge is 0.444 e. The Hall–Kier alpha value is -2.75. The topological polar surface area (TPSA) is 153 Å². The number of rotatable bonds is 7. The van der Waals surface area contributed by atoms with Gasteiger partial charge in [0, 0.05) is 25.7 Å². The minimum Gasteiger partial charge on any atom is -0.444 e. The second kappa shape index (κ2) is 9.52. The van der Waals surface area contributed by atoms with Gasteiger partial charge in [0.05, 0.1) is 5.69 Å². The van der Waals surface area contributed by atoms with Crippen molar-refractivity contribution in [2.24, 2.45) is 21.7 Å². The van der Waals surface area contributed by atoms with Gasteiger partial charge in [0.1, 0.15) is 11.4 Å². The van der Waals surface area contributed by atoms with Gasteiger partial charge in [-0.25, -0.2) is 14.8 Å². The van der Waals surface area contributed by atoms with Gasteiger partial charge in [0.25, 0.3) is 0 Å². The highest BCUT2D eigenvalue weighted by Gasteiger charge is 2.15. The molecule has 0 saturated carbocycles. The smallest absolute Gasteiger partial charge is 0.407 e. The molecule has 10 heteroatoms. The van der Waals surface area contributed by atoms with Gasteiger partial charge in [-0.2, -0.15) is 0 Å².